The van der Waals surface area contributed by atoms with E-state index in [1.165, 1.54) is 5.57 Å². The van der Waals surface area contributed by atoms with Crippen LogP contribution in [-0.2, 0) is 9.59 Å². The molecule has 0 radical (unpaired) electrons. The zero-order chi connectivity index (χ0) is 32.9. The molecule has 6 atom stereocenters. The highest BCUT2D eigenvalue weighted by Crippen LogP contribution is 2.67. The minimum Gasteiger partial charge on any atom is -0.381 e. The van der Waals surface area contributed by atoms with Crippen molar-refractivity contribution in [2.24, 2.45) is 28.6 Å². The fraction of sp³-hybridized carbons (Fsp3) is 0.784. The van der Waals surface area contributed by atoms with E-state index in [1.807, 2.05) is 6.08 Å². The summed E-state index contributed by atoms with van der Waals surface area (Å²) in [4.78, 5) is 45.3. The van der Waals surface area contributed by atoms with E-state index in [1.54, 1.807) is 0 Å². The van der Waals surface area contributed by atoms with Crippen LogP contribution in [-0.4, -0.2) is 96.0 Å². The van der Waals surface area contributed by atoms with E-state index in [-0.39, 0.29) is 16.6 Å². The first-order valence-corrected chi connectivity index (χ1v) is 18.4. The van der Waals surface area contributed by atoms with Crippen molar-refractivity contribution in [1.29, 1.82) is 0 Å². The molecule has 1 N–H and O–H groups in total. The lowest BCUT2D eigenvalue weighted by molar-refractivity contribution is -0.163. The Morgan fingerprint density at radius 1 is 0.891 bits per heavy atom. The molecule has 254 valence electrons. The number of carbonyl (C=O) groups excluding carboxylic acids is 2. The fourth-order valence-corrected chi connectivity index (χ4v) is 10.4. The second kappa shape index (κ2) is 12.8. The molecule has 4 aliphatic carbocycles. The summed E-state index contributed by atoms with van der Waals surface area (Å²) < 4.78 is 0. The Bertz CT molecular complexity index is 1300. The Morgan fingerprint density at radius 3 is 2.24 bits per heavy atom. The Kier molecular flexibility index (Phi) is 9.31. The summed E-state index contributed by atoms with van der Waals surface area (Å²) in [6.45, 7) is 20.2. The number of Topliss-reactive ketones (excluding diaryl/α,β-unsaturated/α-hetero) is 1. The van der Waals surface area contributed by atoms with Gasteiger partial charge in [-0.15, -0.1) is 0 Å². The minimum absolute atomic E-state index is 0.0185. The van der Waals surface area contributed by atoms with Gasteiger partial charge in [0.1, 0.15) is 17.2 Å². The number of rotatable bonds is 10. The summed E-state index contributed by atoms with van der Waals surface area (Å²) >= 11 is 0. The average Bonchev–Trinajstić information content (AvgIpc) is 3.34. The van der Waals surface area contributed by atoms with Crippen molar-refractivity contribution in [2.75, 3.05) is 73.6 Å². The molecule has 1 aliphatic heterocycles. The zero-order valence-corrected chi connectivity index (χ0v) is 29.4. The number of hydrogen-bond acceptors (Lipinski definition) is 9. The van der Waals surface area contributed by atoms with Gasteiger partial charge in [0, 0.05) is 70.3 Å². The summed E-state index contributed by atoms with van der Waals surface area (Å²) in [5, 5.41) is 12.3. The lowest BCUT2D eigenvalue weighted by Crippen LogP contribution is -2.60. The van der Waals surface area contributed by atoms with E-state index in [2.05, 4.69) is 67.2 Å². The number of aliphatic hydroxyl groups is 1. The van der Waals surface area contributed by atoms with Crippen molar-refractivity contribution in [1.82, 2.24) is 14.9 Å². The van der Waals surface area contributed by atoms with Gasteiger partial charge in [0.05, 0.1) is 6.54 Å². The minimum atomic E-state index is -1.26. The number of aromatic nitrogens is 2. The monoisotopic (exact) mass is 634 g/mol. The van der Waals surface area contributed by atoms with Gasteiger partial charge >= 0.3 is 0 Å². The predicted molar refractivity (Wildman–Crippen MR) is 184 cm³/mol. The number of ketones is 2. The van der Waals surface area contributed by atoms with Gasteiger partial charge in [0.15, 0.2) is 11.6 Å². The Balaban J connectivity index is 1.12. The molecule has 3 saturated carbocycles. The van der Waals surface area contributed by atoms with E-state index < -0.39 is 5.60 Å². The van der Waals surface area contributed by atoms with Crippen LogP contribution in [0.3, 0.4) is 0 Å². The van der Waals surface area contributed by atoms with E-state index in [4.69, 9.17) is 9.97 Å². The summed E-state index contributed by atoms with van der Waals surface area (Å²) in [6.07, 6.45) is 9.09. The van der Waals surface area contributed by atoms with Gasteiger partial charge in [-0.25, -0.2) is 0 Å². The number of hydrogen-bond donors (Lipinski definition) is 1. The lowest BCUT2D eigenvalue weighted by Gasteiger charge is -2.59. The van der Waals surface area contributed by atoms with Crippen molar-refractivity contribution in [3.8, 4) is 0 Å². The third-order valence-corrected chi connectivity index (χ3v) is 13.5. The zero-order valence-electron chi connectivity index (χ0n) is 29.4. The molecule has 1 aromatic rings. The molecule has 1 saturated heterocycles. The van der Waals surface area contributed by atoms with Gasteiger partial charge in [-0.2, -0.15) is 9.97 Å². The number of fused-ring (bicyclic) bond motifs is 5. The van der Waals surface area contributed by atoms with Crippen LogP contribution in [0.5, 0.6) is 0 Å². The van der Waals surface area contributed by atoms with E-state index >= 15 is 0 Å². The molecule has 0 unspecified atom stereocenters. The number of anilines is 3. The van der Waals surface area contributed by atoms with Crippen molar-refractivity contribution >= 4 is 29.2 Å². The summed E-state index contributed by atoms with van der Waals surface area (Å²) in [5.74, 6) is 4.44. The first-order valence-electron chi connectivity index (χ1n) is 18.4. The third-order valence-electron chi connectivity index (χ3n) is 13.5. The van der Waals surface area contributed by atoms with E-state index in [9.17, 15) is 14.7 Å². The van der Waals surface area contributed by atoms with Gasteiger partial charge in [0.2, 0.25) is 5.95 Å². The van der Waals surface area contributed by atoms with E-state index in [0.29, 0.717) is 42.9 Å². The van der Waals surface area contributed by atoms with Crippen LogP contribution in [0.4, 0.5) is 17.6 Å². The second-order valence-corrected chi connectivity index (χ2v) is 15.2. The average molecular weight is 635 g/mol. The van der Waals surface area contributed by atoms with Gasteiger partial charge in [0.25, 0.3) is 0 Å². The van der Waals surface area contributed by atoms with Gasteiger partial charge < -0.3 is 19.8 Å². The lowest BCUT2D eigenvalue weighted by atomic mass is 9.46. The molecule has 0 amide bonds. The van der Waals surface area contributed by atoms with Crippen molar-refractivity contribution in [2.45, 2.75) is 98.5 Å². The maximum absolute atomic E-state index is 14.1. The molecule has 9 nitrogen and oxygen atoms in total. The molecular weight excluding hydrogens is 576 g/mol. The summed E-state index contributed by atoms with van der Waals surface area (Å²) in [7, 11) is 0. The summed E-state index contributed by atoms with van der Waals surface area (Å²) in [5.41, 5.74) is -0.168. The van der Waals surface area contributed by atoms with Crippen LogP contribution in [0.15, 0.2) is 17.7 Å². The number of nitrogens with zero attached hydrogens (tertiary/aromatic N) is 6. The highest BCUT2D eigenvalue weighted by atomic mass is 16.3. The number of piperazine rings is 1. The molecule has 4 fully saturated rings. The molecule has 1 aromatic heterocycles. The largest absolute Gasteiger partial charge is 0.381 e. The first kappa shape index (κ1) is 33.4. The highest BCUT2D eigenvalue weighted by Gasteiger charge is 2.66. The topological polar surface area (TPSA) is 93.1 Å². The molecular formula is C37H58N6O3. The molecule has 2 heterocycles. The maximum Gasteiger partial charge on any atom is 0.229 e. The van der Waals surface area contributed by atoms with Crippen molar-refractivity contribution in [3.63, 3.8) is 0 Å². The third kappa shape index (κ3) is 5.47. The molecule has 6 rings (SSSR count). The highest BCUT2D eigenvalue weighted by molar-refractivity contribution is 5.92. The Morgan fingerprint density at radius 2 is 1.57 bits per heavy atom. The number of carbonyl (C=O) groups is 2. The normalized spacial score (nSPS) is 34.4. The molecule has 0 bridgehead atoms. The number of allylic oxidation sites excluding steroid dienone is 1. The van der Waals surface area contributed by atoms with Crippen molar-refractivity contribution in [3.05, 3.63) is 17.7 Å². The smallest absolute Gasteiger partial charge is 0.229 e. The quantitative estimate of drug-likeness (QED) is 0.376. The molecule has 5 aliphatic rings. The Labute approximate surface area is 276 Å². The van der Waals surface area contributed by atoms with Crippen LogP contribution >= 0.6 is 0 Å². The van der Waals surface area contributed by atoms with Gasteiger partial charge in [-0.3, -0.25) is 14.5 Å². The van der Waals surface area contributed by atoms with E-state index in [0.717, 1.165) is 108 Å². The van der Waals surface area contributed by atoms with Crippen LogP contribution in [0.1, 0.15) is 92.9 Å². The molecule has 0 spiro atoms. The van der Waals surface area contributed by atoms with Crippen molar-refractivity contribution < 1.29 is 14.7 Å². The maximum atomic E-state index is 14.1. The fourth-order valence-electron chi connectivity index (χ4n) is 10.4. The Hall–Kier alpha value is -2.52. The van der Waals surface area contributed by atoms with Crippen LogP contribution in [0.25, 0.3) is 0 Å². The summed E-state index contributed by atoms with van der Waals surface area (Å²) in [6, 6.07) is 2.12. The molecule has 9 heteroatoms. The van der Waals surface area contributed by atoms with Crippen LogP contribution < -0.4 is 14.7 Å². The van der Waals surface area contributed by atoms with Crippen LogP contribution in [0, 0.1) is 28.6 Å². The molecule has 0 aromatic carbocycles. The SMILES string of the molecule is CCN(CC)c1cc(N2CCN(CC(=O)[C@@]3(O)CC[C@H]4[C@@H]5CCC6=CC(=O)CC[C@]6(C)[C@H]5CC[C@@]43C)CC2)nc(N(CC)CC)n1. The second-order valence-electron chi connectivity index (χ2n) is 15.2. The first-order chi connectivity index (χ1) is 22.0. The molecule has 46 heavy (non-hydrogen) atoms. The predicted octanol–water partition coefficient (Wildman–Crippen LogP) is 5.12. The van der Waals surface area contributed by atoms with Gasteiger partial charge in [-0.1, -0.05) is 19.4 Å². The van der Waals surface area contributed by atoms with Crippen LogP contribution in [0.2, 0.25) is 0 Å². The standard InChI is InChI=1S/C37H58N6O3/c1-7-41(8-2)32-24-33(39-34(38-32)42(9-3)10-4)43-21-19-40(20-22-43)25-31(45)37(46)18-15-30-28-12-11-26-23-27(44)13-16-35(26,5)29(28)14-17-36(30,37)6/h23-24,28-30,46H,7-22,25H2,1-6H3/t28-,29+,30+,35+,36+,37+/m1/s1. The van der Waals surface area contributed by atoms with Gasteiger partial charge in [-0.05, 0) is 102 Å².